The third-order valence-corrected chi connectivity index (χ3v) is 9.45. The van der Waals surface area contributed by atoms with Gasteiger partial charge in [-0.05, 0) is 67.6 Å². The van der Waals surface area contributed by atoms with E-state index in [1.807, 2.05) is 0 Å². The second-order valence-corrected chi connectivity index (χ2v) is 12.4. The van der Waals surface area contributed by atoms with Gasteiger partial charge in [-0.1, -0.05) is 124 Å². The monoisotopic (exact) mass is 447 g/mol. The normalized spacial score (nSPS) is 24.3. The minimum atomic E-state index is 0.465. The van der Waals surface area contributed by atoms with Gasteiger partial charge in [0.2, 0.25) is 0 Å². The highest BCUT2D eigenvalue weighted by Gasteiger charge is 2.52. The van der Waals surface area contributed by atoms with Crippen molar-refractivity contribution in [2.75, 3.05) is 0 Å². The highest BCUT2D eigenvalue weighted by atomic mass is 14.6. The molecule has 0 aromatic rings. The fraction of sp³-hybridized carbons (Fsp3) is 1.00. The molecular weight excluding hydrogens is 386 g/mol. The van der Waals surface area contributed by atoms with Gasteiger partial charge in [0.15, 0.2) is 0 Å². The molecule has 2 aliphatic rings. The summed E-state index contributed by atoms with van der Waals surface area (Å²) in [6.45, 7) is 9.74. The third kappa shape index (κ3) is 10.9. The van der Waals surface area contributed by atoms with Gasteiger partial charge < -0.3 is 5.73 Å². The zero-order valence-electron chi connectivity index (χ0n) is 22.8. The van der Waals surface area contributed by atoms with Crippen molar-refractivity contribution in [1.29, 1.82) is 0 Å². The van der Waals surface area contributed by atoms with E-state index in [9.17, 15) is 0 Å². The van der Waals surface area contributed by atoms with Gasteiger partial charge in [-0.15, -0.1) is 0 Å². The average Bonchev–Trinajstić information content (AvgIpc) is 3.70. The van der Waals surface area contributed by atoms with Crippen LogP contribution in [0.1, 0.15) is 163 Å². The number of nitrogens with two attached hydrogens (primary N) is 1. The predicted octanol–water partition coefficient (Wildman–Crippen LogP) is 10.1. The maximum atomic E-state index is 6.36. The molecule has 1 nitrogen and oxygen atoms in total. The van der Waals surface area contributed by atoms with Crippen LogP contribution in [0.15, 0.2) is 0 Å². The molecule has 0 aromatic carbocycles. The van der Waals surface area contributed by atoms with E-state index in [0.717, 1.165) is 29.1 Å². The Kier molecular flexibility index (Phi) is 13.9. The standard InChI is InChI=1S/C31H61N/c1-5-7-8-9-10-13-16-20-29(32)21-17-14-11-12-15-19-27(4)31(22-23-31)25-28-24-30(28)26(3)18-6-2/h26-30H,5-25,32H2,1-4H3/t26-,27+,28+,29?,30-/m1/s1. The lowest BCUT2D eigenvalue weighted by Gasteiger charge is -2.24. The first-order valence-electron chi connectivity index (χ1n) is 15.3. The van der Waals surface area contributed by atoms with E-state index in [1.165, 1.54) is 122 Å². The van der Waals surface area contributed by atoms with Crippen molar-refractivity contribution in [3.8, 4) is 0 Å². The molecule has 1 unspecified atom stereocenters. The van der Waals surface area contributed by atoms with Crippen LogP contribution in [0.5, 0.6) is 0 Å². The average molecular weight is 448 g/mol. The smallest absolute Gasteiger partial charge is 0.00388 e. The summed E-state index contributed by atoms with van der Waals surface area (Å²) in [5.74, 6) is 4.13. The predicted molar refractivity (Wildman–Crippen MR) is 144 cm³/mol. The molecule has 2 saturated carbocycles. The molecule has 2 rings (SSSR count). The van der Waals surface area contributed by atoms with Gasteiger partial charge in [0.05, 0.1) is 0 Å². The first-order valence-corrected chi connectivity index (χ1v) is 15.3. The van der Waals surface area contributed by atoms with E-state index in [4.69, 9.17) is 5.73 Å². The summed E-state index contributed by atoms with van der Waals surface area (Å²) in [6.07, 6.45) is 29.9. The first kappa shape index (κ1) is 28.2. The van der Waals surface area contributed by atoms with Gasteiger partial charge in [0, 0.05) is 6.04 Å². The van der Waals surface area contributed by atoms with E-state index in [2.05, 4.69) is 27.7 Å². The topological polar surface area (TPSA) is 26.0 Å². The summed E-state index contributed by atoms with van der Waals surface area (Å²) in [7, 11) is 0. The molecule has 1 heteroatoms. The Hall–Kier alpha value is -0.0400. The lowest BCUT2D eigenvalue weighted by atomic mass is 9.81. The van der Waals surface area contributed by atoms with Crippen LogP contribution < -0.4 is 5.73 Å². The van der Waals surface area contributed by atoms with E-state index in [1.54, 1.807) is 12.8 Å². The quantitative estimate of drug-likeness (QED) is 0.164. The van der Waals surface area contributed by atoms with Crippen LogP contribution in [0.2, 0.25) is 0 Å². The molecular formula is C31H61N. The number of rotatable bonds is 22. The molecule has 32 heavy (non-hydrogen) atoms. The molecule has 0 amide bonds. The molecule has 2 fully saturated rings. The van der Waals surface area contributed by atoms with E-state index >= 15 is 0 Å². The van der Waals surface area contributed by atoms with Crippen LogP contribution in [0, 0.1) is 29.1 Å². The summed E-state index contributed by atoms with van der Waals surface area (Å²) in [5, 5.41) is 0. The van der Waals surface area contributed by atoms with Crippen molar-refractivity contribution in [2.24, 2.45) is 34.8 Å². The van der Waals surface area contributed by atoms with Crippen molar-refractivity contribution in [1.82, 2.24) is 0 Å². The molecule has 0 aromatic heterocycles. The van der Waals surface area contributed by atoms with Crippen molar-refractivity contribution < 1.29 is 0 Å². The van der Waals surface area contributed by atoms with Crippen LogP contribution in [0.4, 0.5) is 0 Å². The summed E-state index contributed by atoms with van der Waals surface area (Å²) < 4.78 is 0. The van der Waals surface area contributed by atoms with Gasteiger partial charge in [0.25, 0.3) is 0 Å². The Bertz CT molecular complexity index is 453. The Morgan fingerprint density at radius 3 is 1.75 bits per heavy atom. The molecule has 0 radical (unpaired) electrons. The fourth-order valence-corrected chi connectivity index (χ4v) is 6.65. The Labute approximate surface area is 203 Å². The highest BCUT2D eigenvalue weighted by Crippen LogP contribution is 2.63. The molecule has 0 spiro atoms. The SMILES string of the molecule is CCCCCCCCCC(N)CCCCCCC[C@H](C)C1(C[C@@H]2C[C@@H]2[C@H](C)CCC)CC1. The Balaban J connectivity index is 1.40. The van der Waals surface area contributed by atoms with Gasteiger partial charge in [-0.25, -0.2) is 0 Å². The summed E-state index contributed by atoms with van der Waals surface area (Å²) in [4.78, 5) is 0. The number of unbranched alkanes of at least 4 members (excludes halogenated alkanes) is 10. The first-order chi connectivity index (χ1) is 15.5. The van der Waals surface area contributed by atoms with Gasteiger partial charge in [-0.2, -0.15) is 0 Å². The minimum absolute atomic E-state index is 0.465. The fourth-order valence-electron chi connectivity index (χ4n) is 6.65. The zero-order valence-corrected chi connectivity index (χ0v) is 22.8. The number of hydrogen-bond acceptors (Lipinski definition) is 1. The second kappa shape index (κ2) is 15.8. The third-order valence-electron chi connectivity index (χ3n) is 9.45. The Morgan fingerprint density at radius 1 is 0.688 bits per heavy atom. The van der Waals surface area contributed by atoms with E-state index in [0.29, 0.717) is 6.04 Å². The molecule has 5 atom stereocenters. The minimum Gasteiger partial charge on any atom is -0.328 e. The maximum Gasteiger partial charge on any atom is 0.00388 e. The molecule has 0 bridgehead atoms. The van der Waals surface area contributed by atoms with Crippen LogP contribution >= 0.6 is 0 Å². The van der Waals surface area contributed by atoms with Gasteiger partial charge in [0.1, 0.15) is 0 Å². The summed E-state index contributed by atoms with van der Waals surface area (Å²) in [6, 6.07) is 0.465. The van der Waals surface area contributed by atoms with Crippen molar-refractivity contribution in [3.63, 3.8) is 0 Å². The molecule has 0 saturated heterocycles. The van der Waals surface area contributed by atoms with Crippen LogP contribution in [0.3, 0.4) is 0 Å². The lowest BCUT2D eigenvalue weighted by Crippen LogP contribution is -2.19. The van der Waals surface area contributed by atoms with Gasteiger partial charge in [-0.3, -0.25) is 0 Å². The lowest BCUT2D eigenvalue weighted by molar-refractivity contribution is 0.260. The highest BCUT2D eigenvalue weighted by molar-refractivity contribution is 5.03. The largest absolute Gasteiger partial charge is 0.328 e. The van der Waals surface area contributed by atoms with Gasteiger partial charge >= 0.3 is 0 Å². The van der Waals surface area contributed by atoms with Crippen LogP contribution in [-0.4, -0.2) is 6.04 Å². The zero-order chi connectivity index (χ0) is 23.2. The summed E-state index contributed by atoms with van der Waals surface area (Å²) >= 11 is 0. The molecule has 2 aliphatic carbocycles. The second-order valence-electron chi connectivity index (χ2n) is 12.4. The molecule has 0 heterocycles. The van der Waals surface area contributed by atoms with E-state index < -0.39 is 0 Å². The van der Waals surface area contributed by atoms with Crippen LogP contribution in [0.25, 0.3) is 0 Å². The van der Waals surface area contributed by atoms with Crippen LogP contribution in [-0.2, 0) is 0 Å². The van der Waals surface area contributed by atoms with Crippen molar-refractivity contribution in [3.05, 3.63) is 0 Å². The number of hydrogen-bond donors (Lipinski definition) is 1. The molecule has 190 valence electrons. The van der Waals surface area contributed by atoms with Crippen molar-refractivity contribution in [2.45, 2.75) is 169 Å². The maximum absolute atomic E-state index is 6.36. The van der Waals surface area contributed by atoms with E-state index in [-0.39, 0.29) is 0 Å². The summed E-state index contributed by atoms with van der Waals surface area (Å²) in [5.41, 5.74) is 7.13. The Morgan fingerprint density at radius 2 is 1.22 bits per heavy atom. The molecule has 2 N–H and O–H groups in total. The molecule has 0 aliphatic heterocycles. The van der Waals surface area contributed by atoms with Crippen molar-refractivity contribution >= 4 is 0 Å².